The highest BCUT2D eigenvalue weighted by Gasteiger charge is 2.13. The predicted octanol–water partition coefficient (Wildman–Crippen LogP) is 4.05. The summed E-state index contributed by atoms with van der Waals surface area (Å²) >= 11 is 4.55. The molecule has 3 rings (SSSR count). The minimum atomic E-state index is -0.365. The zero-order chi connectivity index (χ0) is 18.7. The van der Waals surface area contributed by atoms with Gasteiger partial charge >= 0.3 is 0 Å². The number of fused-ring (bicyclic) bond motifs is 1. The molecule has 0 aliphatic heterocycles. The van der Waals surface area contributed by atoms with Gasteiger partial charge in [-0.25, -0.2) is 9.37 Å². The Balaban J connectivity index is 1.79. The fourth-order valence-corrected chi connectivity index (χ4v) is 3.65. The molecular formula is C18H15BrFN3O2S. The lowest BCUT2D eigenvalue weighted by Gasteiger charge is -2.11. The molecule has 0 unspecified atom stereocenters. The van der Waals surface area contributed by atoms with Crippen LogP contribution in [0, 0.1) is 5.82 Å². The number of aromatic nitrogens is 2. The van der Waals surface area contributed by atoms with Crippen molar-refractivity contribution in [3.05, 3.63) is 63.1 Å². The monoisotopic (exact) mass is 435 g/mol. The number of carbonyl (C=O) groups is 1. The summed E-state index contributed by atoms with van der Waals surface area (Å²) in [7, 11) is 0. The highest BCUT2D eigenvalue weighted by Crippen LogP contribution is 2.21. The van der Waals surface area contributed by atoms with Gasteiger partial charge in [0.25, 0.3) is 5.56 Å². The Labute approximate surface area is 161 Å². The van der Waals surface area contributed by atoms with Crippen molar-refractivity contribution in [3.8, 4) is 0 Å². The van der Waals surface area contributed by atoms with E-state index in [1.54, 1.807) is 16.7 Å². The topological polar surface area (TPSA) is 64.0 Å². The molecule has 0 aliphatic rings. The van der Waals surface area contributed by atoms with Gasteiger partial charge in [0, 0.05) is 16.7 Å². The number of nitrogens with one attached hydrogen (secondary N) is 1. The van der Waals surface area contributed by atoms with Crippen molar-refractivity contribution in [2.75, 3.05) is 11.1 Å². The molecule has 1 aromatic heterocycles. The molecule has 2 aromatic carbocycles. The molecule has 134 valence electrons. The molecule has 0 atom stereocenters. The summed E-state index contributed by atoms with van der Waals surface area (Å²) in [6.45, 7) is 2.31. The summed E-state index contributed by atoms with van der Waals surface area (Å²) in [5.41, 5.74) is 0.964. The lowest BCUT2D eigenvalue weighted by molar-refractivity contribution is -0.113. The second-order valence-electron chi connectivity index (χ2n) is 5.45. The van der Waals surface area contributed by atoms with Gasteiger partial charge in [0.1, 0.15) is 5.82 Å². The standard InChI is InChI=1S/C18H15BrFN3O2S/c1-2-23-17(25)14-9-11(19)3-8-15(14)22-18(23)26-10-16(24)21-13-6-4-12(20)5-7-13/h3-9H,2,10H2,1H3,(H,21,24). The van der Waals surface area contributed by atoms with Crippen molar-refractivity contribution in [1.29, 1.82) is 0 Å². The van der Waals surface area contributed by atoms with E-state index in [0.29, 0.717) is 28.3 Å². The number of anilines is 1. The van der Waals surface area contributed by atoms with Gasteiger partial charge in [-0.2, -0.15) is 0 Å². The van der Waals surface area contributed by atoms with Crippen LogP contribution in [-0.4, -0.2) is 21.2 Å². The first-order valence-corrected chi connectivity index (χ1v) is 9.64. The van der Waals surface area contributed by atoms with E-state index in [0.717, 1.165) is 4.47 Å². The fourth-order valence-electron chi connectivity index (χ4n) is 2.42. The third-order valence-electron chi connectivity index (χ3n) is 3.66. The van der Waals surface area contributed by atoms with E-state index in [4.69, 9.17) is 0 Å². The van der Waals surface area contributed by atoms with Crippen molar-refractivity contribution >= 4 is 50.2 Å². The van der Waals surface area contributed by atoms with Crippen molar-refractivity contribution < 1.29 is 9.18 Å². The number of carbonyl (C=O) groups excluding carboxylic acids is 1. The molecule has 3 aromatic rings. The molecule has 0 saturated carbocycles. The first kappa shape index (κ1) is 18.6. The molecule has 0 fully saturated rings. The van der Waals surface area contributed by atoms with E-state index in [2.05, 4.69) is 26.2 Å². The summed E-state index contributed by atoms with van der Waals surface area (Å²) < 4.78 is 15.3. The number of thioether (sulfide) groups is 1. The van der Waals surface area contributed by atoms with Crippen LogP contribution < -0.4 is 10.9 Å². The van der Waals surface area contributed by atoms with E-state index in [9.17, 15) is 14.0 Å². The maximum absolute atomic E-state index is 12.9. The van der Waals surface area contributed by atoms with Gasteiger partial charge < -0.3 is 5.32 Å². The highest BCUT2D eigenvalue weighted by atomic mass is 79.9. The predicted molar refractivity (Wildman–Crippen MR) is 105 cm³/mol. The summed E-state index contributed by atoms with van der Waals surface area (Å²) in [5, 5.41) is 3.70. The maximum atomic E-state index is 12.9. The fraction of sp³-hybridized carbons (Fsp3) is 0.167. The molecule has 0 saturated heterocycles. The van der Waals surface area contributed by atoms with Gasteiger partial charge in [0.2, 0.25) is 5.91 Å². The molecule has 0 bridgehead atoms. The summed E-state index contributed by atoms with van der Waals surface area (Å²) in [5.74, 6) is -0.531. The number of benzene rings is 2. The third-order valence-corrected chi connectivity index (χ3v) is 5.13. The van der Waals surface area contributed by atoms with Crippen LogP contribution in [0.5, 0.6) is 0 Å². The van der Waals surface area contributed by atoms with Gasteiger partial charge in [-0.05, 0) is 49.4 Å². The Morgan fingerprint density at radius 2 is 2.00 bits per heavy atom. The average Bonchev–Trinajstić information content (AvgIpc) is 2.62. The average molecular weight is 436 g/mol. The zero-order valence-corrected chi connectivity index (χ0v) is 16.2. The van der Waals surface area contributed by atoms with E-state index in [1.807, 2.05) is 13.0 Å². The molecule has 0 spiro atoms. The van der Waals surface area contributed by atoms with E-state index < -0.39 is 0 Å². The molecule has 8 heteroatoms. The van der Waals surface area contributed by atoms with Crippen LogP contribution in [0.2, 0.25) is 0 Å². The first-order valence-electron chi connectivity index (χ1n) is 7.86. The number of hydrogen-bond donors (Lipinski definition) is 1. The Bertz CT molecular complexity index is 1020. The van der Waals surface area contributed by atoms with Crippen molar-refractivity contribution in [2.45, 2.75) is 18.6 Å². The molecule has 0 radical (unpaired) electrons. The molecule has 0 aliphatic carbocycles. The minimum absolute atomic E-state index is 0.0891. The Morgan fingerprint density at radius 3 is 2.69 bits per heavy atom. The molecular weight excluding hydrogens is 421 g/mol. The highest BCUT2D eigenvalue weighted by molar-refractivity contribution is 9.10. The van der Waals surface area contributed by atoms with Crippen LogP contribution >= 0.6 is 27.7 Å². The molecule has 1 amide bonds. The normalized spacial score (nSPS) is 10.9. The van der Waals surface area contributed by atoms with Crippen molar-refractivity contribution in [1.82, 2.24) is 9.55 Å². The smallest absolute Gasteiger partial charge is 0.262 e. The van der Waals surface area contributed by atoms with Crippen molar-refractivity contribution in [3.63, 3.8) is 0 Å². The number of halogens is 2. The third kappa shape index (κ3) is 4.13. The number of amides is 1. The Morgan fingerprint density at radius 1 is 1.27 bits per heavy atom. The van der Waals surface area contributed by atoms with Crippen LogP contribution in [0.15, 0.2) is 56.9 Å². The largest absolute Gasteiger partial charge is 0.325 e. The molecule has 5 nitrogen and oxygen atoms in total. The van der Waals surface area contributed by atoms with Gasteiger partial charge in [-0.1, -0.05) is 27.7 Å². The van der Waals surface area contributed by atoms with Gasteiger partial charge in [0.15, 0.2) is 5.16 Å². The second-order valence-corrected chi connectivity index (χ2v) is 7.31. The van der Waals surface area contributed by atoms with E-state index in [-0.39, 0.29) is 23.0 Å². The van der Waals surface area contributed by atoms with Crippen LogP contribution in [0.3, 0.4) is 0 Å². The molecule has 26 heavy (non-hydrogen) atoms. The van der Waals surface area contributed by atoms with Crippen LogP contribution in [-0.2, 0) is 11.3 Å². The van der Waals surface area contributed by atoms with Crippen LogP contribution in [0.25, 0.3) is 10.9 Å². The number of rotatable bonds is 5. The lowest BCUT2D eigenvalue weighted by atomic mass is 10.2. The van der Waals surface area contributed by atoms with Crippen LogP contribution in [0.1, 0.15) is 6.92 Å². The van der Waals surface area contributed by atoms with E-state index >= 15 is 0 Å². The van der Waals surface area contributed by atoms with Gasteiger partial charge in [-0.3, -0.25) is 14.2 Å². The summed E-state index contributed by atoms with van der Waals surface area (Å²) in [4.78, 5) is 29.3. The van der Waals surface area contributed by atoms with Gasteiger partial charge in [0.05, 0.1) is 16.7 Å². The maximum Gasteiger partial charge on any atom is 0.262 e. The molecule has 1 N–H and O–H groups in total. The SMILES string of the molecule is CCn1c(SCC(=O)Nc2ccc(F)cc2)nc2ccc(Br)cc2c1=O. The first-order chi connectivity index (χ1) is 12.5. The number of nitrogens with zero attached hydrogens (tertiary/aromatic N) is 2. The summed E-state index contributed by atoms with van der Waals surface area (Å²) in [6.07, 6.45) is 0. The lowest BCUT2D eigenvalue weighted by Crippen LogP contribution is -2.23. The quantitative estimate of drug-likeness (QED) is 0.484. The Hall–Kier alpha value is -2.19. The number of hydrogen-bond acceptors (Lipinski definition) is 4. The van der Waals surface area contributed by atoms with Gasteiger partial charge in [-0.15, -0.1) is 0 Å². The molecule has 1 heterocycles. The zero-order valence-electron chi connectivity index (χ0n) is 13.8. The van der Waals surface area contributed by atoms with Crippen LogP contribution in [0.4, 0.5) is 10.1 Å². The Kier molecular flexibility index (Phi) is 5.73. The summed E-state index contributed by atoms with van der Waals surface area (Å²) in [6, 6.07) is 10.9. The second kappa shape index (κ2) is 8.01. The minimum Gasteiger partial charge on any atom is -0.325 e. The van der Waals surface area contributed by atoms with E-state index in [1.165, 1.54) is 36.0 Å². The van der Waals surface area contributed by atoms with Crippen molar-refractivity contribution in [2.24, 2.45) is 0 Å².